The van der Waals surface area contributed by atoms with E-state index in [1.54, 1.807) is 24.3 Å². The van der Waals surface area contributed by atoms with Crippen LogP contribution in [0.25, 0.3) is 5.78 Å². The van der Waals surface area contributed by atoms with Crippen LogP contribution in [0, 0.1) is 10.1 Å². The zero-order valence-electron chi connectivity index (χ0n) is 18.5. The molecule has 0 unspecified atom stereocenters. The second-order valence-electron chi connectivity index (χ2n) is 7.37. The molecule has 15 heteroatoms. The summed E-state index contributed by atoms with van der Waals surface area (Å²) in [5.41, 5.74) is 0.847. The fourth-order valence-corrected chi connectivity index (χ4v) is 4.05. The molecule has 2 aromatic carbocycles. The summed E-state index contributed by atoms with van der Waals surface area (Å²) < 4.78 is 13.3. The number of amides is 1. The number of nitro groups is 1. The normalized spacial score (nSPS) is 12.4. The van der Waals surface area contributed by atoms with Gasteiger partial charge in [-0.1, -0.05) is 23.9 Å². The van der Waals surface area contributed by atoms with E-state index in [2.05, 4.69) is 25.7 Å². The molecular weight excluding hydrogens is 492 g/mol. The number of nitrogens with zero attached hydrogens (tertiary/aromatic N) is 7. The Balaban J connectivity index is 1.28. The average Bonchev–Trinajstić information content (AvgIpc) is 3.58. The predicted octanol–water partition coefficient (Wildman–Crippen LogP) is 2.38. The van der Waals surface area contributed by atoms with Crippen LogP contribution in [0.15, 0.2) is 53.0 Å². The maximum Gasteiger partial charge on any atom is 0.278 e. The molecule has 36 heavy (non-hydrogen) atoms. The van der Waals surface area contributed by atoms with Crippen LogP contribution in [0.2, 0.25) is 0 Å². The number of carbonyl (C=O) groups excluding carboxylic acids is 2. The minimum Gasteiger partial charge on any atom is -0.454 e. The molecule has 2 aromatic heterocycles. The van der Waals surface area contributed by atoms with Gasteiger partial charge < -0.3 is 14.8 Å². The second-order valence-corrected chi connectivity index (χ2v) is 8.32. The SMILES string of the molecule is CC(=O)c1cc2c(cc1NC(=O)CSc1nnc3n(/N=C/c4ccccc4[N+](=O)[O-])cnn13)OCO2. The number of benzene rings is 2. The van der Waals surface area contributed by atoms with Gasteiger partial charge in [0.1, 0.15) is 6.33 Å². The molecule has 0 saturated carbocycles. The monoisotopic (exact) mass is 508 g/mol. The van der Waals surface area contributed by atoms with E-state index in [4.69, 9.17) is 9.47 Å². The summed E-state index contributed by atoms with van der Waals surface area (Å²) in [6.45, 7) is 1.44. The van der Waals surface area contributed by atoms with Crippen molar-refractivity contribution in [1.82, 2.24) is 24.5 Å². The van der Waals surface area contributed by atoms with Crippen LogP contribution in [-0.4, -0.2) is 59.9 Å². The number of ether oxygens (including phenoxy) is 2. The van der Waals surface area contributed by atoms with Gasteiger partial charge in [-0.3, -0.25) is 19.7 Å². The van der Waals surface area contributed by atoms with Crippen LogP contribution in [0.3, 0.4) is 0 Å². The molecule has 0 spiro atoms. The number of para-hydroxylation sites is 1. The predicted molar refractivity (Wildman–Crippen MR) is 127 cm³/mol. The molecule has 1 aliphatic rings. The number of thioether (sulfide) groups is 1. The van der Waals surface area contributed by atoms with E-state index in [9.17, 15) is 19.7 Å². The Labute approximate surface area is 206 Å². The van der Waals surface area contributed by atoms with Gasteiger partial charge in [0, 0.05) is 17.7 Å². The molecule has 1 amide bonds. The van der Waals surface area contributed by atoms with E-state index in [1.807, 2.05) is 0 Å². The molecule has 0 radical (unpaired) electrons. The van der Waals surface area contributed by atoms with Crippen molar-refractivity contribution in [3.05, 3.63) is 64.0 Å². The van der Waals surface area contributed by atoms with Gasteiger partial charge >= 0.3 is 0 Å². The standard InChI is InChI=1S/C21H16N8O6S/c1-12(30)14-6-17-18(35-11-34-17)7-15(14)24-19(31)9-36-21-26-25-20-27(10-23-28(20)21)22-8-13-4-2-3-5-16(13)29(32)33/h2-8,10H,9,11H2,1H3,(H,24,31)/b22-8+. The van der Waals surface area contributed by atoms with Crippen LogP contribution < -0.4 is 14.8 Å². The number of hydrogen-bond donors (Lipinski definition) is 1. The molecular formula is C21H16N8O6S. The van der Waals surface area contributed by atoms with Crippen LogP contribution in [0.1, 0.15) is 22.8 Å². The summed E-state index contributed by atoms with van der Waals surface area (Å²) in [6.07, 6.45) is 2.69. The Morgan fingerprint density at radius 3 is 2.81 bits per heavy atom. The van der Waals surface area contributed by atoms with E-state index in [1.165, 1.54) is 40.8 Å². The lowest BCUT2D eigenvalue weighted by molar-refractivity contribution is -0.385. The average molecular weight is 508 g/mol. The van der Waals surface area contributed by atoms with Gasteiger partial charge in [0.25, 0.3) is 11.5 Å². The molecule has 3 heterocycles. The Morgan fingerprint density at radius 1 is 1.25 bits per heavy atom. The number of nitrogens with one attached hydrogen (secondary N) is 1. The van der Waals surface area contributed by atoms with E-state index < -0.39 is 4.92 Å². The third kappa shape index (κ3) is 4.46. The zero-order chi connectivity index (χ0) is 25.2. The number of anilines is 1. The molecule has 0 aliphatic carbocycles. The van der Waals surface area contributed by atoms with E-state index in [0.29, 0.717) is 33.5 Å². The maximum atomic E-state index is 12.6. The van der Waals surface area contributed by atoms with Gasteiger partial charge in [0.15, 0.2) is 17.3 Å². The molecule has 5 rings (SSSR count). The quantitative estimate of drug-likeness (QED) is 0.123. The van der Waals surface area contributed by atoms with Crippen LogP contribution in [0.4, 0.5) is 11.4 Å². The Bertz CT molecular complexity index is 1540. The van der Waals surface area contributed by atoms with Crippen LogP contribution in [-0.2, 0) is 4.79 Å². The highest BCUT2D eigenvalue weighted by Crippen LogP contribution is 2.37. The number of aromatic nitrogens is 5. The van der Waals surface area contributed by atoms with Crippen molar-refractivity contribution in [2.45, 2.75) is 12.1 Å². The van der Waals surface area contributed by atoms with E-state index in [-0.39, 0.29) is 35.7 Å². The van der Waals surface area contributed by atoms with Crippen LogP contribution >= 0.6 is 11.8 Å². The largest absolute Gasteiger partial charge is 0.454 e. The number of fused-ring (bicyclic) bond motifs is 2. The first kappa shape index (κ1) is 23.0. The minimum atomic E-state index is -0.495. The summed E-state index contributed by atoms with van der Waals surface area (Å²) in [4.78, 5) is 35.3. The van der Waals surface area contributed by atoms with E-state index in [0.717, 1.165) is 11.8 Å². The number of nitro benzene ring substituents is 1. The Kier molecular flexibility index (Phi) is 6.03. The first-order valence-corrected chi connectivity index (χ1v) is 11.3. The summed E-state index contributed by atoms with van der Waals surface area (Å²) in [7, 11) is 0. The maximum absolute atomic E-state index is 12.6. The van der Waals surface area contributed by atoms with Crippen LogP contribution in [0.5, 0.6) is 11.5 Å². The fraction of sp³-hybridized carbons (Fsp3) is 0.143. The van der Waals surface area contributed by atoms with Crippen molar-refractivity contribution in [3.8, 4) is 11.5 Å². The number of carbonyl (C=O) groups is 2. The van der Waals surface area contributed by atoms with Crippen molar-refractivity contribution in [2.75, 3.05) is 17.9 Å². The summed E-state index contributed by atoms with van der Waals surface area (Å²) in [5, 5.41) is 30.6. The van der Waals surface area contributed by atoms with Gasteiger partial charge in [-0.05, 0) is 19.1 Å². The number of Topliss-reactive ketones (excluding diaryl/α,β-unsaturated/α-hetero) is 1. The molecule has 4 aromatic rings. The van der Waals surface area contributed by atoms with Gasteiger partial charge in [-0.25, -0.2) is 0 Å². The van der Waals surface area contributed by atoms with Gasteiger partial charge in [0.2, 0.25) is 17.9 Å². The highest BCUT2D eigenvalue weighted by atomic mass is 32.2. The van der Waals surface area contributed by atoms with Gasteiger partial charge in [-0.2, -0.15) is 19.4 Å². The summed E-state index contributed by atoms with van der Waals surface area (Å²) in [5.74, 6) is 0.475. The van der Waals surface area contributed by atoms with Gasteiger partial charge in [-0.15, -0.1) is 10.2 Å². The third-order valence-electron chi connectivity index (χ3n) is 5.03. The molecule has 14 nitrogen and oxygen atoms in total. The zero-order valence-corrected chi connectivity index (χ0v) is 19.3. The lowest BCUT2D eigenvalue weighted by atomic mass is 10.1. The lowest BCUT2D eigenvalue weighted by Gasteiger charge is -2.10. The van der Waals surface area contributed by atoms with Crippen molar-refractivity contribution >= 4 is 46.8 Å². The molecule has 0 saturated heterocycles. The molecule has 0 atom stereocenters. The lowest BCUT2D eigenvalue weighted by Crippen LogP contribution is -2.16. The topological polar surface area (TPSA) is 168 Å². The third-order valence-corrected chi connectivity index (χ3v) is 5.95. The highest BCUT2D eigenvalue weighted by molar-refractivity contribution is 7.99. The molecule has 182 valence electrons. The molecule has 0 fully saturated rings. The first-order chi connectivity index (χ1) is 17.4. The van der Waals surface area contributed by atoms with E-state index >= 15 is 0 Å². The van der Waals surface area contributed by atoms with Crippen molar-refractivity contribution in [1.29, 1.82) is 0 Å². The van der Waals surface area contributed by atoms with Gasteiger partial charge in [0.05, 0.1) is 28.1 Å². The van der Waals surface area contributed by atoms with Crippen molar-refractivity contribution in [3.63, 3.8) is 0 Å². The number of rotatable bonds is 8. The Hall–Kier alpha value is -4.79. The molecule has 1 N–H and O–H groups in total. The number of ketones is 1. The Morgan fingerprint density at radius 2 is 2.03 bits per heavy atom. The van der Waals surface area contributed by atoms with Crippen molar-refractivity contribution in [2.24, 2.45) is 5.10 Å². The smallest absolute Gasteiger partial charge is 0.278 e. The first-order valence-electron chi connectivity index (χ1n) is 10.3. The fourth-order valence-electron chi connectivity index (χ4n) is 3.37. The highest BCUT2D eigenvalue weighted by Gasteiger charge is 2.21. The number of hydrogen-bond acceptors (Lipinski definition) is 11. The van der Waals surface area contributed by atoms with Crippen molar-refractivity contribution < 1.29 is 24.0 Å². The molecule has 1 aliphatic heterocycles. The summed E-state index contributed by atoms with van der Waals surface area (Å²) in [6, 6.07) is 9.26. The second kappa shape index (κ2) is 9.46. The minimum absolute atomic E-state index is 0.0427. The summed E-state index contributed by atoms with van der Waals surface area (Å²) >= 11 is 1.08. The molecule has 0 bridgehead atoms.